The number of imide groups is 1. The lowest BCUT2D eigenvalue weighted by Gasteiger charge is -2.05. The molecule has 0 atom stereocenters. The van der Waals surface area contributed by atoms with E-state index in [-0.39, 0.29) is 30.2 Å². The van der Waals surface area contributed by atoms with Crippen LogP contribution in [-0.2, 0) is 16.1 Å². The number of aromatic nitrogens is 2. The summed E-state index contributed by atoms with van der Waals surface area (Å²) in [5.41, 5.74) is 0.330. The van der Waals surface area contributed by atoms with Gasteiger partial charge in [0.05, 0.1) is 11.5 Å². The maximum absolute atomic E-state index is 11.5. The zero-order chi connectivity index (χ0) is 14.6. The average Bonchev–Trinajstić information content (AvgIpc) is 2.53. The molecule has 0 radical (unpaired) electrons. The molecule has 104 valence electrons. The number of aryl methyl sites for hydroxylation is 1. The Kier molecular flexibility index (Phi) is 4.56. The van der Waals surface area contributed by atoms with E-state index in [0.717, 1.165) is 0 Å². The molecule has 0 saturated heterocycles. The van der Waals surface area contributed by atoms with Crippen molar-refractivity contribution in [2.75, 3.05) is 6.61 Å². The molecule has 1 rings (SSSR count). The summed E-state index contributed by atoms with van der Waals surface area (Å²) in [6.07, 6.45) is -0.858. The Balaban J connectivity index is 2.78. The van der Waals surface area contributed by atoms with Crippen LogP contribution in [-0.4, -0.2) is 33.3 Å². The molecule has 0 bridgehead atoms. The van der Waals surface area contributed by atoms with Crippen molar-refractivity contribution in [3.8, 4) is 0 Å². The number of hydrogen-bond acceptors (Lipinski definition) is 6. The zero-order valence-corrected chi connectivity index (χ0v) is 10.8. The van der Waals surface area contributed by atoms with Crippen LogP contribution in [0.2, 0.25) is 0 Å². The highest BCUT2D eigenvalue weighted by molar-refractivity contribution is 5.91. The van der Waals surface area contributed by atoms with Gasteiger partial charge in [0.25, 0.3) is 5.91 Å². The van der Waals surface area contributed by atoms with Crippen LogP contribution in [0, 0.1) is 24.0 Å². The Bertz CT molecular complexity index is 522. The van der Waals surface area contributed by atoms with E-state index in [4.69, 9.17) is 0 Å². The summed E-state index contributed by atoms with van der Waals surface area (Å²) in [5.74, 6) is -0.654. The molecule has 1 N–H and O–H groups in total. The number of carbonyl (C=O) groups excluding carboxylic acids is 2. The summed E-state index contributed by atoms with van der Waals surface area (Å²) in [6.45, 7) is 4.42. The van der Waals surface area contributed by atoms with Crippen LogP contribution in [0.4, 0.5) is 10.5 Å². The van der Waals surface area contributed by atoms with Crippen molar-refractivity contribution in [1.82, 2.24) is 15.1 Å². The van der Waals surface area contributed by atoms with Gasteiger partial charge in [0.15, 0.2) is 0 Å². The molecule has 9 nitrogen and oxygen atoms in total. The third-order valence-electron chi connectivity index (χ3n) is 2.34. The number of ether oxygens (including phenoxy) is 1. The third-order valence-corrected chi connectivity index (χ3v) is 2.34. The first-order valence-electron chi connectivity index (χ1n) is 5.51. The number of amides is 2. The second kappa shape index (κ2) is 5.94. The Morgan fingerprint density at radius 2 is 2.11 bits per heavy atom. The normalized spacial score (nSPS) is 10.1. The fourth-order valence-electron chi connectivity index (χ4n) is 1.56. The second-order valence-corrected chi connectivity index (χ2v) is 3.70. The monoisotopic (exact) mass is 270 g/mol. The summed E-state index contributed by atoms with van der Waals surface area (Å²) in [5, 5.41) is 16.7. The van der Waals surface area contributed by atoms with Gasteiger partial charge in [0.1, 0.15) is 17.9 Å². The molecule has 1 heterocycles. The Hall–Kier alpha value is -2.45. The molecule has 1 aromatic rings. The minimum absolute atomic E-state index is 0.135. The highest BCUT2D eigenvalue weighted by Crippen LogP contribution is 2.21. The first kappa shape index (κ1) is 14.6. The first-order chi connectivity index (χ1) is 8.86. The van der Waals surface area contributed by atoms with Crippen molar-refractivity contribution in [1.29, 1.82) is 0 Å². The second-order valence-electron chi connectivity index (χ2n) is 3.70. The molecule has 0 aliphatic carbocycles. The largest absolute Gasteiger partial charge is 0.450 e. The lowest BCUT2D eigenvalue weighted by Crippen LogP contribution is -2.34. The fourth-order valence-corrected chi connectivity index (χ4v) is 1.56. The molecule has 0 aliphatic rings. The standard InChI is InChI=1S/C10H14N4O5/c1-4-19-10(16)11-8(15)5-13-7(3)9(14(17)18)6(2)12-13/h4-5H2,1-3H3,(H,11,15,16). The van der Waals surface area contributed by atoms with Crippen molar-refractivity contribution in [3.63, 3.8) is 0 Å². The minimum Gasteiger partial charge on any atom is -0.450 e. The van der Waals surface area contributed by atoms with Gasteiger partial charge in [-0.15, -0.1) is 0 Å². The molecule has 0 unspecified atom stereocenters. The summed E-state index contributed by atoms with van der Waals surface area (Å²) in [4.78, 5) is 32.7. The number of rotatable bonds is 4. The van der Waals surface area contributed by atoms with Crippen molar-refractivity contribution in [2.45, 2.75) is 27.3 Å². The van der Waals surface area contributed by atoms with E-state index >= 15 is 0 Å². The van der Waals surface area contributed by atoms with E-state index in [1.807, 2.05) is 5.32 Å². The van der Waals surface area contributed by atoms with Gasteiger partial charge >= 0.3 is 11.8 Å². The number of nitro groups is 1. The summed E-state index contributed by atoms with van der Waals surface area (Å²) in [7, 11) is 0. The third kappa shape index (κ3) is 3.50. The Morgan fingerprint density at radius 1 is 1.47 bits per heavy atom. The van der Waals surface area contributed by atoms with Gasteiger partial charge < -0.3 is 4.74 Å². The molecule has 0 spiro atoms. The molecule has 9 heteroatoms. The number of hydrogen-bond donors (Lipinski definition) is 1. The van der Waals surface area contributed by atoms with Crippen LogP contribution in [0.5, 0.6) is 0 Å². The molecular formula is C10H14N4O5. The Morgan fingerprint density at radius 3 is 2.58 bits per heavy atom. The van der Waals surface area contributed by atoms with Crippen molar-refractivity contribution < 1.29 is 19.2 Å². The molecule has 2 amide bonds. The number of nitrogens with zero attached hydrogens (tertiary/aromatic N) is 3. The summed E-state index contributed by atoms with van der Waals surface area (Å²) in [6, 6.07) is 0. The predicted molar refractivity (Wildman–Crippen MR) is 63.5 cm³/mol. The van der Waals surface area contributed by atoms with Gasteiger partial charge in [-0.05, 0) is 20.8 Å². The predicted octanol–water partition coefficient (Wildman–Crippen LogP) is 0.681. The van der Waals surface area contributed by atoms with E-state index in [9.17, 15) is 19.7 Å². The van der Waals surface area contributed by atoms with Crippen LogP contribution in [0.1, 0.15) is 18.3 Å². The number of alkyl carbamates (subject to hydrolysis) is 1. The van der Waals surface area contributed by atoms with Crippen LogP contribution in [0.15, 0.2) is 0 Å². The Labute approximate surface area is 108 Å². The molecule has 0 saturated carbocycles. The highest BCUT2D eigenvalue weighted by atomic mass is 16.6. The van der Waals surface area contributed by atoms with Gasteiger partial charge in [-0.25, -0.2) is 4.79 Å². The van der Waals surface area contributed by atoms with Gasteiger partial charge in [0.2, 0.25) is 0 Å². The minimum atomic E-state index is -0.858. The average molecular weight is 270 g/mol. The number of carbonyl (C=O) groups is 2. The quantitative estimate of drug-likeness (QED) is 0.635. The first-order valence-corrected chi connectivity index (χ1v) is 5.51. The highest BCUT2D eigenvalue weighted by Gasteiger charge is 2.23. The molecule has 19 heavy (non-hydrogen) atoms. The van der Waals surface area contributed by atoms with Gasteiger partial charge in [-0.3, -0.25) is 24.9 Å². The van der Waals surface area contributed by atoms with E-state index in [1.165, 1.54) is 18.5 Å². The van der Waals surface area contributed by atoms with E-state index in [0.29, 0.717) is 0 Å². The lowest BCUT2D eigenvalue weighted by molar-refractivity contribution is -0.386. The maximum atomic E-state index is 11.5. The maximum Gasteiger partial charge on any atom is 0.413 e. The zero-order valence-electron chi connectivity index (χ0n) is 10.8. The SMILES string of the molecule is CCOC(=O)NC(=O)Cn1nc(C)c([N+](=O)[O-])c1C. The van der Waals surface area contributed by atoms with Crippen LogP contribution in [0.25, 0.3) is 0 Å². The van der Waals surface area contributed by atoms with E-state index in [1.54, 1.807) is 6.92 Å². The smallest absolute Gasteiger partial charge is 0.413 e. The van der Waals surface area contributed by atoms with Crippen molar-refractivity contribution in [3.05, 3.63) is 21.5 Å². The molecule has 0 aliphatic heterocycles. The van der Waals surface area contributed by atoms with Crippen molar-refractivity contribution in [2.24, 2.45) is 0 Å². The van der Waals surface area contributed by atoms with Gasteiger partial charge in [0, 0.05) is 0 Å². The van der Waals surface area contributed by atoms with Crippen LogP contribution < -0.4 is 5.32 Å². The van der Waals surface area contributed by atoms with E-state index < -0.39 is 16.9 Å². The number of nitrogens with one attached hydrogen (secondary N) is 1. The molecule has 0 aromatic carbocycles. The van der Waals surface area contributed by atoms with E-state index in [2.05, 4.69) is 9.84 Å². The fraction of sp³-hybridized carbons (Fsp3) is 0.500. The molecular weight excluding hydrogens is 256 g/mol. The van der Waals surface area contributed by atoms with Crippen molar-refractivity contribution >= 4 is 17.7 Å². The van der Waals surface area contributed by atoms with Gasteiger partial charge in [-0.2, -0.15) is 5.10 Å². The summed E-state index contributed by atoms with van der Waals surface area (Å²) >= 11 is 0. The lowest BCUT2D eigenvalue weighted by atomic mass is 10.3. The topological polar surface area (TPSA) is 116 Å². The molecule has 0 fully saturated rings. The summed E-state index contributed by atoms with van der Waals surface area (Å²) < 4.78 is 5.71. The van der Waals surface area contributed by atoms with Crippen LogP contribution >= 0.6 is 0 Å². The molecule has 1 aromatic heterocycles. The van der Waals surface area contributed by atoms with Gasteiger partial charge in [-0.1, -0.05) is 0 Å². The van der Waals surface area contributed by atoms with Crippen LogP contribution in [0.3, 0.4) is 0 Å².